The van der Waals surface area contributed by atoms with Gasteiger partial charge in [-0.2, -0.15) is 0 Å². The van der Waals surface area contributed by atoms with E-state index >= 15 is 0 Å². The molecule has 0 radical (unpaired) electrons. The molecule has 0 N–H and O–H groups in total. The van der Waals surface area contributed by atoms with Crippen molar-refractivity contribution in [3.05, 3.63) is 106 Å². The predicted octanol–water partition coefficient (Wildman–Crippen LogP) is 9.26. The van der Waals surface area contributed by atoms with Gasteiger partial charge in [-0.25, -0.2) is 4.39 Å². The minimum Gasteiger partial charge on any atom is -0.206 e. The van der Waals surface area contributed by atoms with Crippen molar-refractivity contribution in [1.29, 1.82) is 0 Å². The molecule has 0 aliphatic carbocycles. The summed E-state index contributed by atoms with van der Waals surface area (Å²) in [6.45, 7) is 4.47. The molecule has 0 nitrogen and oxygen atoms in total. The molecule has 186 valence electrons. The molecule has 3 rings (SSSR count). The van der Waals surface area contributed by atoms with E-state index in [1.807, 2.05) is 18.2 Å². The fourth-order valence-electron chi connectivity index (χ4n) is 4.18. The maximum atomic E-state index is 14.6. The van der Waals surface area contributed by atoms with Crippen molar-refractivity contribution >= 4 is 0 Å². The topological polar surface area (TPSA) is 0 Å². The molecule has 0 aromatic heterocycles. The second-order valence-electron chi connectivity index (χ2n) is 9.56. The summed E-state index contributed by atoms with van der Waals surface area (Å²) in [6.07, 6.45) is 13.8. The van der Waals surface area contributed by atoms with Crippen LogP contribution in [0.15, 0.2) is 66.7 Å². The standard InChI is InChI=1S/C35H39F/c1-3-5-7-9-11-13-30-14-18-31(19-15-30)22-23-33-25-27-34(35(36)28-33)26-24-32-20-16-29(17-21-32)12-10-8-6-4-2/h14-21,25,27-28H,3-13H2,1-2H3. The molecule has 0 saturated heterocycles. The highest BCUT2D eigenvalue weighted by atomic mass is 19.1. The monoisotopic (exact) mass is 478 g/mol. The van der Waals surface area contributed by atoms with E-state index in [0.717, 1.165) is 24.0 Å². The molecule has 0 aliphatic rings. The molecule has 0 bridgehead atoms. The molecule has 0 fully saturated rings. The van der Waals surface area contributed by atoms with Crippen LogP contribution in [0.4, 0.5) is 4.39 Å². The highest BCUT2D eigenvalue weighted by molar-refractivity contribution is 5.49. The Morgan fingerprint density at radius 2 is 0.944 bits per heavy atom. The van der Waals surface area contributed by atoms with Crippen molar-refractivity contribution in [2.45, 2.75) is 84.5 Å². The van der Waals surface area contributed by atoms with E-state index in [1.165, 1.54) is 75.0 Å². The molecule has 3 aromatic carbocycles. The normalized spacial score (nSPS) is 10.3. The molecule has 0 unspecified atom stereocenters. The van der Waals surface area contributed by atoms with E-state index in [0.29, 0.717) is 11.1 Å². The van der Waals surface area contributed by atoms with Gasteiger partial charge in [-0.3, -0.25) is 0 Å². The van der Waals surface area contributed by atoms with Crippen molar-refractivity contribution in [2.75, 3.05) is 0 Å². The third kappa shape index (κ3) is 9.76. The summed E-state index contributed by atoms with van der Waals surface area (Å²) in [5.74, 6) is 12.0. The smallest absolute Gasteiger partial charge is 0.140 e. The summed E-state index contributed by atoms with van der Waals surface area (Å²) in [7, 11) is 0. The summed E-state index contributed by atoms with van der Waals surface area (Å²) in [5.41, 5.74) is 5.59. The summed E-state index contributed by atoms with van der Waals surface area (Å²) >= 11 is 0. The van der Waals surface area contributed by atoms with Crippen LogP contribution >= 0.6 is 0 Å². The van der Waals surface area contributed by atoms with Gasteiger partial charge in [-0.15, -0.1) is 0 Å². The van der Waals surface area contributed by atoms with Gasteiger partial charge in [0.05, 0.1) is 5.56 Å². The Balaban J connectivity index is 1.54. The lowest BCUT2D eigenvalue weighted by Gasteiger charge is -2.02. The Morgan fingerprint density at radius 3 is 1.47 bits per heavy atom. The van der Waals surface area contributed by atoms with Gasteiger partial charge in [-0.05, 0) is 79.3 Å². The van der Waals surface area contributed by atoms with E-state index in [1.54, 1.807) is 6.07 Å². The number of aryl methyl sites for hydroxylation is 2. The van der Waals surface area contributed by atoms with Crippen LogP contribution in [0.5, 0.6) is 0 Å². The third-order valence-electron chi connectivity index (χ3n) is 6.46. The average Bonchev–Trinajstić information content (AvgIpc) is 2.91. The molecular weight excluding hydrogens is 439 g/mol. The van der Waals surface area contributed by atoms with Gasteiger partial charge in [0.2, 0.25) is 0 Å². The first-order valence-corrected chi connectivity index (χ1v) is 13.7. The van der Waals surface area contributed by atoms with Crippen LogP contribution in [0, 0.1) is 29.5 Å². The van der Waals surface area contributed by atoms with Crippen LogP contribution in [0.25, 0.3) is 0 Å². The van der Waals surface area contributed by atoms with E-state index < -0.39 is 0 Å². The Labute approximate surface area is 218 Å². The van der Waals surface area contributed by atoms with Gasteiger partial charge in [0.1, 0.15) is 5.82 Å². The first kappa shape index (κ1) is 27.3. The van der Waals surface area contributed by atoms with Crippen molar-refractivity contribution in [3.63, 3.8) is 0 Å². The fourth-order valence-corrected chi connectivity index (χ4v) is 4.18. The van der Waals surface area contributed by atoms with Gasteiger partial charge in [0, 0.05) is 16.7 Å². The number of halogens is 1. The average molecular weight is 479 g/mol. The zero-order valence-electron chi connectivity index (χ0n) is 22.0. The minimum atomic E-state index is -0.333. The maximum absolute atomic E-state index is 14.6. The van der Waals surface area contributed by atoms with Crippen LogP contribution < -0.4 is 0 Å². The Bertz CT molecular complexity index is 1180. The van der Waals surface area contributed by atoms with Crippen molar-refractivity contribution in [3.8, 4) is 23.7 Å². The van der Waals surface area contributed by atoms with Gasteiger partial charge in [0.25, 0.3) is 0 Å². The molecule has 0 amide bonds. The van der Waals surface area contributed by atoms with Crippen LogP contribution in [0.2, 0.25) is 0 Å². The van der Waals surface area contributed by atoms with E-state index in [2.05, 4.69) is 73.9 Å². The Hall–Kier alpha value is -3.29. The summed E-state index contributed by atoms with van der Waals surface area (Å²) < 4.78 is 14.6. The largest absolute Gasteiger partial charge is 0.206 e. The molecule has 0 aliphatic heterocycles. The Kier molecular flexibility index (Phi) is 11.9. The molecule has 0 saturated carbocycles. The van der Waals surface area contributed by atoms with Gasteiger partial charge < -0.3 is 0 Å². The molecular formula is C35H39F. The highest BCUT2D eigenvalue weighted by Gasteiger charge is 2.01. The zero-order valence-corrected chi connectivity index (χ0v) is 22.0. The summed E-state index contributed by atoms with van der Waals surface area (Å²) in [6, 6.07) is 21.8. The highest BCUT2D eigenvalue weighted by Crippen LogP contribution is 2.13. The van der Waals surface area contributed by atoms with Crippen molar-refractivity contribution < 1.29 is 4.39 Å². The van der Waals surface area contributed by atoms with Crippen LogP contribution in [0.1, 0.15) is 105 Å². The second-order valence-corrected chi connectivity index (χ2v) is 9.56. The zero-order chi connectivity index (χ0) is 25.4. The van der Waals surface area contributed by atoms with Crippen LogP contribution in [-0.4, -0.2) is 0 Å². The van der Waals surface area contributed by atoms with Gasteiger partial charge in [-0.1, -0.05) is 107 Å². The molecule has 1 heteroatoms. The predicted molar refractivity (Wildman–Crippen MR) is 152 cm³/mol. The number of hydrogen-bond acceptors (Lipinski definition) is 0. The van der Waals surface area contributed by atoms with Crippen LogP contribution in [0.3, 0.4) is 0 Å². The molecule has 0 heterocycles. The number of unbranched alkanes of at least 4 members (excludes halogenated alkanes) is 7. The lowest BCUT2D eigenvalue weighted by molar-refractivity contribution is 0.624. The van der Waals surface area contributed by atoms with Crippen molar-refractivity contribution in [1.82, 2.24) is 0 Å². The van der Waals surface area contributed by atoms with Crippen molar-refractivity contribution in [2.24, 2.45) is 0 Å². The van der Waals surface area contributed by atoms with Gasteiger partial charge >= 0.3 is 0 Å². The number of hydrogen-bond donors (Lipinski definition) is 0. The third-order valence-corrected chi connectivity index (χ3v) is 6.46. The quantitative estimate of drug-likeness (QED) is 0.190. The lowest BCUT2D eigenvalue weighted by atomic mass is 10.0. The Morgan fingerprint density at radius 1 is 0.500 bits per heavy atom. The lowest BCUT2D eigenvalue weighted by Crippen LogP contribution is -1.88. The molecule has 3 aromatic rings. The minimum absolute atomic E-state index is 0.333. The van der Waals surface area contributed by atoms with E-state index in [4.69, 9.17) is 0 Å². The molecule has 0 spiro atoms. The second kappa shape index (κ2) is 15.7. The van der Waals surface area contributed by atoms with Gasteiger partial charge in [0.15, 0.2) is 0 Å². The molecule has 0 atom stereocenters. The summed E-state index contributed by atoms with van der Waals surface area (Å²) in [4.78, 5) is 0. The molecule has 36 heavy (non-hydrogen) atoms. The first-order valence-electron chi connectivity index (χ1n) is 13.7. The summed E-state index contributed by atoms with van der Waals surface area (Å²) in [5, 5.41) is 0. The van der Waals surface area contributed by atoms with Crippen LogP contribution in [-0.2, 0) is 12.8 Å². The van der Waals surface area contributed by atoms with E-state index in [-0.39, 0.29) is 5.82 Å². The SMILES string of the molecule is CCCCCCCc1ccc(C#Cc2ccc(C#Cc3ccc(CCCCCC)cc3)c(F)c2)cc1. The number of rotatable bonds is 11. The van der Waals surface area contributed by atoms with E-state index in [9.17, 15) is 4.39 Å². The number of benzene rings is 3. The fraction of sp³-hybridized carbons (Fsp3) is 0.371. The first-order chi connectivity index (χ1) is 17.7. The maximum Gasteiger partial charge on any atom is 0.140 e.